The first-order valence-corrected chi connectivity index (χ1v) is 7.05. The largest absolute Gasteiger partial charge is 0.499 e. The number of hydrogen-bond donors (Lipinski definition) is 0. The lowest BCUT2D eigenvalue weighted by Gasteiger charge is -2.32. The summed E-state index contributed by atoms with van der Waals surface area (Å²) < 4.78 is 17.9. The van der Waals surface area contributed by atoms with Crippen molar-refractivity contribution in [1.82, 2.24) is 9.78 Å². The van der Waals surface area contributed by atoms with Gasteiger partial charge in [-0.2, -0.15) is 10.4 Å². The van der Waals surface area contributed by atoms with Crippen LogP contribution in [0.2, 0.25) is 0 Å². The van der Waals surface area contributed by atoms with E-state index in [9.17, 15) is 10.1 Å². The van der Waals surface area contributed by atoms with E-state index >= 15 is 0 Å². The zero-order valence-corrected chi connectivity index (χ0v) is 13.7. The molecule has 1 aliphatic heterocycles. The fourth-order valence-corrected chi connectivity index (χ4v) is 2.11. The minimum Gasteiger partial charge on any atom is -0.467 e. The summed E-state index contributed by atoms with van der Waals surface area (Å²) in [6, 6.07) is 1.38. The Balaban J connectivity index is 2.36. The highest BCUT2D eigenvalue weighted by Crippen LogP contribution is 2.36. The molecule has 0 saturated carbocycles. The molecule has 1 aliphatic rings. The zero-order valence-electron chi connectivity index (χ0n) is 13.7. The van der Waals surface area contributed by atoms with Gasteiger partial charge in [-0.25, -0.2) is 4.79 Å². The van der Waals surface area contributed by atoms with Crippen LogP contribution >= 0.6 is 0 Å². The third kappa shape index (κ3) is 2.62. The number of rotatable bonds is 3. The Bertz CT molecular complexity index is 617. The molecule has 0 spiro atoms. The van der Waals surface area contributed by atoms with Crippen LogP contribution in [0.25, 0.3) is 0 Å². The van der Waals surface area contributed by atoms with Crippen LogP contribution in [0.5, 0.6) is 0 Å². The summed E-state index contributed by atoms with van der Waals surface area (Å²) in [7, 11) is 0.612. The number of ether oxygens (including phenoxy) is 1. The molecule has 1 unspecified atom stereocenters. The number of carbonyl (C=O) groups excluding carboxylic acids is 1. The standard InChI is InChI=1S/C14H20BN3O4/c1-9(12(19)20-6)18-8-10(11(7-16)17-18)15-21-13(2,3)14(4,5)22-15/h8-9H,1-6H3. The molecule has 1 fully saturated rings. The van der Waals surface area contributed by atoms with E-state index in [4.69, 9.17) is 14.0 Å². The topological polar surface area (TPSA) is 86.4 Å². The molecule has 0 N–H and O–H groups in total. The Morgan fingerprint density at radius 1 is 1.41 bits per heavy atom. The fraction of sp³-hybridized carbons (Fsp3) is 0.643. The third-order valence-corrected chi connectivity index (χ3v) is 4.31. The van der Waals surface area contributed by atoms with Crippen molar-refractivity contribution in [1.29, 1.82) is 5.26 Å². The molecule has 0 aromatic carbocycles. The molecule has 2 rings (SSSR count). The minimum atomic E-state index is -0.696. The molecule has 7 nitrogen and oxygen atoms in total. The summed E-state index contributed by atoms with van der Waals surface area (Å²) in [5, 5.41) is 13.4. The van der Waals surface area contributed by atoms with Gasteiger partial charge in [0, 0.05) is 11.7 Å². The van der Waals surface area contributed by atoms with Crippen LogP contribution in [0.15, 0.2) is 6.20 Å². The molecule has 1 aromatic heterocycles. The van der Waals surface area contributed by atoms with E-state index in [1.807, 2.05) is 33.8 Å². The zero-order chi connectivity index (χ0) is 16.7. The van der Waals surface area contributed by atoms with Crippen molar-refractivity contribution in [2.45, 2.75) is 51.9 Å². The molecule has 0 bridgehead atoms. The van der Waals surface area contributed by atoms with Gasteiger partial charge in [0.15, 0.2) is 5.69 Å². The predicted octanol–water partition coefficient (Wildman–Crippen LogP) is 0.788. The number of nitrogens with zero attached hydrogens (tertiary/aromatic N) is 3. The van der Waals surface area contributed by atoms with Crippen LogP contribution in [-0.2, 0) is 18.8 Å². The molecule has 2 heterocycles. The molecule has 1 saturated heterocycles. The lowest BCUT2D eigenvalue weighted by atomic mass is 9.79. The molecule has 0 aliphatic carbocycles. The molecular formula is C14H20BN3O4. The van der Waals surface area contributed by atoms with E-state index in [0.29, 0.717) is 5.46 Å². The highest BCUT2D eigenvalue weighted by Gasteiger charge is 2.53. The second kappa shape index (κ2) is 5.41. The smallest absolute Gasteiger partial charge is 0.467 e. The second-order valence-corrected chi connectivity index (χ2v) is 6.31. The SMILES string of the molecule is COC(=O)C(C)n1cc(B2OC(C)(C)C(C)(C)O2)c(C#N)n1. The highest BCUT2D eigenvalue weighted by atomic mass is 16.7. The van der Waals surface area contributed by atoms with Gasteiger partial charge in [-0.3, -0.25) is 4.68 Å². The number of esters is 1. The number of aromatic nitrogens is 2. The van der Waals surface area contributed by atoms with Gasteiger partial charge in [0.05, 0.1) is 18.3 Å². The lowest BCUT2D eigenvalue weighted by Crippen LogP contribution is -2.41. The van der Waals surface area contributed by atoms with Gasteiger partial charge in [-0.15, -0.1) is 0 Å². The van der Waals surface area contributed by atoms with Gasteiger partial charge < -0.3 is 14.0 Å². The predicted molar refractivity (Wildman–Crippen MR) is 79.4 cm³/mol. The molecule has 1 atom stereocenters. The van der Waals surface area contributed by atoms with Gasteiger partial charge in [-0.05, 0) is 34.6 Å². The monoisotopic (exact) mass is 305 g/mol. The maximum absolute atomic E-state index is 11.6. The third-order valence-electron chi connectivity index (χ3n) is 4.31. The van der Waals surface area contributed by atoms with E-state index < -0.39 is 30.3 Å². The van der Waals surface area contributed by atoms with E-state index in [-0.39, 0.29) is 5.69 Å². The number of hydrogen-bond acceptors (Lipinski definition) is 6. The van der Waals surface area contributed by atoms with E-state index in [1.54, 1.807) is 13.1 Å². The highest BCUT2D eigenvalue weighted by molar-refractivity contribution is 6.62. The number of carbonyl (C=O) groups is 1. The average molecular weight is 305 g/mol. The average Bonchev–Trinajstić information content (AvgIpc) is 2.96. The van der Waals surface area contributed by atoms with Crippen molar-refractivity contribution in [2.75, 3.05) is 7.11 Å². The molecule has 8 heteroatoms. The Labute approximate surface area is 130 Å². The number of methoxy groups -OCH3 is 1. The Morgan fingerprint density at radius 3 is 2.41 bits per heavy atom. The summed E-state index contributed by atoms with van der Waals surface area (Å²) >= 11 is 0. The van der Waals surface area contributed by atoms with Gasteiger partial charge >= 0.3 is 13.1 Å². The van der Waals surface area contributed by atoms with Crippen LogP contribution in [0.3, 0.4) is 0 Å². The van der Waals surface area contributed by atoms with Gasteiger partial charge in [0.1, 0.15) is 12.1 Å². The van der Waals surface area contributed by atoms with Crippen molar-refractivity contribution in [2.24, 2.45) is 0 Å². The molecule has 22 heavy (non-hydrogen) atoms. The van der Waals surface area contributed by atoms with Gasteiger partial charge in [-0.1, -0.05) is 0 Å². The maximum Gasteiger partial charge on any atom is 0.499 e. The lowest BCUT2D eigenvalue weighted by molar-refractivity contribution is -0.144. The van der Waals surface area contributed by atoms with Crippen LogP contribution in [-0.4, -0.2) is 41.2 Å². The van der Waals surface area contributed by atoms with E-state index in [2.05, 4.69) is 5.10 Å². The van der Waals surface area contributed by atoms with Crippen LogP contribution in [0, 0.1) is 11.3 Å². The van der Waals surface area contributed by atoms with Crippen molar-refractivity contribution in [3.63, 3.8) is 0 Å². The van der Waals surface area contributed by atoms with Crippen molar-refractivity contribution >= 4 is 18.6 Å². The summed E-state index contributed by atoms with van der Waals surface area (Å²) in [4.78, 5) is 11.6. The normalized spacial score (nSPS) is 20.5. The molecule has 1 aromatic rings. The second-order valence-electron chi connectivity index (χ2n) is 6.31. The maximum atomic E-state index is 11.6. The fourth-order valence-electron chi connectivity index (χ4n) is 2.11. The first kappa shape index (κ1) is 16.5. The Hall–Kier alpha value is -1.85. The summed E-state index contributed by atoms with van der Waals surface area (Å²) in [5.41, 5.74) is -0.341. The number of nitriles is 1. The van der Waals surface area contributed by atoms with Crippen molar-refractivity contribution in [3.8, 4) is 6.07 Å². The molecule has 0 amide bonds. The first-order chi connectivity index (χ1) is 10.1. The summed E-state index contributed by atoms with van der Waals surface area (Å²) in [5.74, 6) is -0.438. The van der Waals surface area contributed by atoms with Gasteiger partial charge in [0.25, 0.3) is 0 Å². The van der Waals surface area contributed by atoms with Crippen molar-refractivity contribution in [3.05, 3.63) is 11.9 Å². The van der Waals surface area contributed by atoms with Crippen LogP contribution in [0.4, 0.5) is 0 Å². The Kier molecular flexibility index (Phi) is 4.06. The van der Waals surface area contributed by atoms with E-state index in [0.717, 1.165) is 0 Å². The van der Waals surface area contributed by atoms with Crippen LogP contribution < -0.4 is 5.46 Å². The van der Waals surface area contributed by atoms with E-state index in [1.165, 1.54) is 11.8 Å². The van der Waals surface area contributed by atoms with Crippen molar-refractivity contribution < 1.29 is 18.8 Å². The van der Waals surface area contributed by atoms with Crippen LogP contribution in [0.1, 0.15) is 46.4 Å². The minimum absolute atomic E-state index is 0.175. The summed E-state index contributed by atoms with van der Waals surface area (Å²) in [6.45, 7) is 9.37. The quantitative estimate of drug-likeness (QED) is 0.606. The molecular weight excluding hydrogens is 285 g/mol. The molecule has 0 radical (unpaired) electrons. The first-order valence-electron chi connectivity index (χ1n) is 7.05. The molecule has 118 valence electrons. The van der Waals surface area contributed by atoms with Gasteiger partial charge in [0.2, 0.25) is 0 Å². The summed E-state index contributed by atoms with van der Waals surface area (Å²) in [6.07, 6.45) is 1.60. The Morgan fingerprint density at radius 2 is 1.95 bits per heavy atom.